The van der Waals surface area contributed by atoms with Crippen molar-refractivity contribution in [3.8, 4) is 0 Å². The van der Waals surface area contributed by atoms with Crippen LogP contribution in [0, 0.1) is 29.6 Å². The highest BCUT2D eigenvalue weighted by Crippen LogP contribution is 2.19. The Bertz CT molecular complexity index is 2430. The highest BCUT2D eigenvalue weighted by atomic mass is 32.1. The maximum atomic E-state index is 14.2. The fourth-order valence-electron chi connectivity index (χ4n) is 9.34. The third-order valence-corrected chi connectivity index (χ3v) is 14.1. The summed E-state index contributed by atoms with van der Waals surface area (Å²) in [5.74, 6) is -10.1. The quantitative estimate of drug-likeness (QED) is 0.0155. The van der Waals surface area contributed by atoms with Gasteiger partial charge in [-0.15, -0.1) is 0 Å². The van der Waals surface area contributed by atoms with Crippen LogP contribution in [0.15, 0.2) is 35.3 Å². The number of nitrogens with zero attached hydrogens (tertiary/aromatic N) is 2. The lowest BCUT2D eigenvalue weighted by molar-refractivity contribution is -0.144. The lowest BCUT2D eigenvalue weighted by atomic mass is 9.98. The average molecular weight is 1220 g/mol. The second-order valence-electron chi connectivity index (χ2n) is 23.6. The number of benzene rings is 1. The normalized spacial score (nSPS) is 16.4. The number of carbonyl (C=O) groups excluding carboxylic acids is 10. The number of amides is 10. The molecule has 0 aromatic heterocycles. The first-order chi connectivity index (χ1) is 39.9. The summed E-state index contributed by atoms with van der Waals surface area (Å²) in [7, 11) is 0. The van der Waals surface area contributed by atoms with E-state index in [1.165, 1.54) is 4.90 Å². The Morgan fingerprint density at radius 1 is 0.600 bits per heavy atom. The molecule has 0 unspecified atom stereocenters. The number of likely N-dealkylation sites (tertiary alicyclic amines) is 1. The van der Waals surface area contributed by atoms with Gasteiger partial charge < -0.3 is 80.2 Å². The molecule has 0 bridgehead atoms. The maximum absolute atomic E-state index is 14.2. The molecule has 478 valence electrons. The van der Waals surface area contributed by atoms with Gasteiger partial charge in [-0.2, -0.15) is 12.6 Å². The monoisotopic (exact) mass is 1220 g/mol. The minimum absolute atomic E-state index is 0.0386. The van der Waals surface area contributed by atoms with E-state index in [0.29, 0.717) is 6.42 Å². The summed E-state index contributed by atoms with van der Waals surface area (Å²) in [6.45, 7) is 16.8. The van der Waals surface area contributed by atoms with Crippen LogP contribution in [-0.2, 0) is 59.2 Å². The summed E-state index contributed by atoms with van der Waals surface area (Å²) >= 11 is 4.34. The lowest BCUT2D eigenvalue weighted by Gasteiger charge is -2.29. The van der Waals surface area contributed by atoms with Gasteiger partial charge in [-0.3, -0.25) is 52.9 Å². The number of carbonyl (C=O) groups is 11. The SMILES string of the molecule is CC(C)C[C@H](NC(=O)[C@H](CC(C)C)NC(=O)[C@H](CC(C)C)NC(=O)[C@H](CS)NC(=O)[C@@H](NC(=O)[C@H](CC(C)C)NC(=O)[C@@H](N)Cc1ccccc1)C(C)C)C(=O)NCC(=O)N1CCC[C@H]1C(=O)N[C@@H](CCCN=C(N)N)C(=O)N[C@@H](CO)C(=O)O. The third kappa shape index (κ3) is 26.8. The number of thiol groups is 1. The fraction of sp³-hybridized carbons (Fsp3) is 0.684. The van der Waals surface area contributed by atoms with E-state index in [4.69, 9.17) is 17.2 Å². The zero-order valence-corrected chi connectivity index (χ0v) is 51.8. The summed E-state index contributed by atoms with van der Waals surface area (Å²) in [4.78, 5) is 154. The molecule has 85 heavy (non-hydrogen) atoms. The van der Waals surface area contributed by atoms with Crippen molar-refractivity contribution in [2.75, 3.05) is 32.0 Å². The van der Waals surface area contributed by atoms with E-state index in [1.807, 2.05) is 85.7 Å². The predicted molar refractivity (Wildman–Crippen MR) is 322 cm³/mol. The van der Waals surface area contributed by atoms with Crippen LogP contribution in [0.1, 0.15) is 126 Å². The topological polar surface area (TPSA) is 430 Å². The highest BCUT2D eigenvalue weighted by molar-refractivity contribution is 7.80. The van der Waals surface area contributed by atoms with E-state index in [-0.39, 0.29) is 99.8 Å². The van der Waals surface area contributed by atoms with Crippen LogP contribution >= 0.6 is 12.6 Å². The molecule has 17 N–H and O–H groups in total. The van der Waals surface area contributed by atoms with Gasteiger partial charge in [0.15, 0.2) is 5.96 Å². The molecule has 1 aliphatic rings. The van der Waals surface area contributed by atoms with E-state index < -0.39 is 145 Å². The lowest BCUT2D eigenvalue weighted by Crippen LogP contribution is -2.61. The van der Waals surface area contributed by atoms with Crippen molar-refractivity contribution in [3.05, 3.63) is 35.9 Å². The standard InChI is InChI=1S/C57H96N14O13S/c1-30(2)22-38(48(75)62-27-45(73)71-21-15-19-44(71)54(81)63-37(18-14-20-61-57(59)60)49(76)68-42(28-72)56(83)84)65-50(77)39(23-31(3)4)66-51(78)40(24-32(5)6)67-53(80)43(29-85)69-55(82)46(34(9)10)70-52(79)41(25-33(7)8)64-47(74)36(58)26-35-16-12-11-13-17-35/h11-13,16-17,30-34,36-44,46,72,85H,14-15,18-29,58H2,1-10H3,(H,62,75)(H,63,81)(H,64,74)(H,65,77)(H,66,78)(H,67,80)(H,68,76)(H,69,82)(H,70,79)(H,83,84)(H4,59,60,61)/t36-,37-,38-,39-,40-,41-,42-,43-,44-,46-/m0/s1. The smallest absolute Gasteiger partial charge is 0.328 e. The van der Waals surface area contributed by atoms with Crippen molar-refractivity contribution in [2.45, 2.75) is 187 Å². The van der Waals surface area contributed by atoms with Gasteiger partial charge in [0.25, 0.3) is 0 Å². The van der Waals surface area contributed by atoms with Crippen molar-refractivity contribution in [1.29, 1.82) is 0 Å². The number of hydrogen-bond donors (Lipinski definition) is 15. The largest absolute Gasteiger partial charge is 0.480 e. The number of nitrogens with two attached hydrogens (primary N) is 3. The number of nitrogens with one attached hydrogen (secondary N) is 9. The molecule has 1 heterocycles. The molecule has 0 saturated carbocycles. The van der Waals surface area contributed by atoms with Crippen molar-refractivity contribution in [1.82, 2.24) is 52.8 Å². The average Bonchev–Trinajstić information content (AvgIpc) is 3.89. The van der Waals surface area contributed by atoms with Gasteiger partial charge in [0.1, 0.15) is 54.4 Å². The molecule has 10 atom stereocenters. The van der Waals surface area contributed by atoms with Gasteiger partial charge >= 0.3 is 5.97 Å². The Labute approximate surface area is 504 Å². The Kier molecular flexibility index (Phi) is 32.6. The number of hydrogen-bond acceptors (Lipinski definition) is 15. The Balaban J connectivity index is 2.23. The molecule has 10 amide bonds. The van der Waals surface area contributed by atoms with Crippen LogP contribution in [0.2, 0.25) is 0 Å². The minimum atomic E-state index is -1.66. The first-order valence-corrected chi connectivity index (χ1v) is 29.8. The first kappa shape index (κ1) is 74.0. The van der Waals surface area contributed by atoms with Gasteiger partial charge in [-0.05, 0) is 92.9 Å². The zero-order valence-electron chi connectivity index (χ0n) is 50.9. The maximum Gasteiger partial charge on any atom is 0.328 e. The molecule has 28 heteroatoms. The molecule has 0 spiro atoms. The van der Waals surface area contributed by atoms with Crippen molar-refractivity contribution < 1.29 is 63.0 Å². The van der Waals surface area contributed by atoms with Gasteiger partial charge in [0.2, 0.25) is 59.1 Å². The number of aliphatic hydroxyl groups is 1. The molecule has 1 aliphatic heterocycles. The van der Waals surface area contributed by atoms with Crippen LogP contribution < -0.4 is 65.1 Å². The number of aliphatic hydroxyl groups excluding tert-OH is 1. The van der Waals surface area contributed by atoms with Crippen LogP contribution in [-0.4, -0.2) is 179 Å². The Hall–Kier alpha value is -7.07. The molecular weight excluding hydrogens is 1120 g/mol. The number of aliphatic imine (C=N–C) groups is 1. The van der Waals surface area contributed by atoms with Crippen molar-refractivity contribution in [2.24, 2.45) is 51.8 Å². The molecule has 1 fully saturated rings. The first-order valence-electron chi connectivity index (χ1n) is 29.2. The minimum Gasteiger partial charge on any atom is -0.480 e. The summed E-state index contributed by atoms with van der Waals surface area (Å²) in [5, 5.41) is 42.5. The van der Waals surface area contributed by atoms with Gasteiger partial charge in [-0.1, -0.05) is 99.6 Å². The van der Waals surface area contributed by atoms with Gasteiger partial charge in [0, 0.05) is 18.8 Å². The van der Waals surface area contributed by atoms with E-state index >= 15 is 0 Å². The van der Waals surface area contributed by atoms with Crippen LogP contribution in [0.4, 0.5) is 0 Å². The predicted octanol–water partition coefficient (Wildman–Crippen LogP) is -1.56. The number of rotatable bonds is 37. The molecular formula is C57H96N14O13S. The highest BCUT2D eigenvalue weighted by Gasteiger charge is 2.39. The Morgan fingerprint density at radius 2 is 1.05 bits per heavy atom. The van der Waals surface area contributed by atoms with E-state index in [0.717, 1.165) is 5.56 Å². The van der Waals surface area contributed by atoms with Crippen molar-refractivity contribution >= 4 is 83.6 Å². The number of carboxylic acids is 1. The van der Waals surface area contributed by atoms with Crippen LogP contribution in [0.3, 0.4) is 0 Å². The zero-order chi connectivity index (χ0) is 64.2. The fourth-order valence-corrected chi connectivity index (χ4v) is 9.59. The summed E-state index contributed by atoms with van der Waals surface area (Å²) < 4.78 is 0. The summed E-state index contributed by atoms with van der Waals surface area (Å²) in [5.41, 5.74) is 17.9. The van der Waals surface area contributed by atoms with E-state index in [9.17, 15) is 63.0 Å². The van der Waals surface area contributed by atoms with Crippen molar-refractivity contribution in [3.63, 3.8) is 0 Å². The van der Waals surface area contributed by atoms with Gasteiger partial charge in [-0.25, -0.2) is 4.79 Å². The number of aliphatic carboxylic acids is 1. The summed E-state index contributed by atoms with van der Waals surface area (Å²) in [6, 6.07) is -2.98. The second-order valence-corrected chi connectivity index (χ2v) is 24.0. The molecule has 1 aromatic carbocycles. The second kappa shape index (κ2) is 37.4. The molecule has 0 radical (unpaired) electrons. The number of carboxylic acid groups (broad SMARTS) is 1. The molecule has 2 rings (SSSR count). The van der Waals surface area contributed by atoms with E-state index in [2.05, 4.69) is 65.5 Å². The van der Waals surface area contributed by atoms with Gasteiger partial charge in [0.05, 0.1) is 19.2 Å². The molecule has 0 aliphatic carbocycles. The van der Waals surface area contributed by atoms with Crippen LogP contribution in [0.5, 0.6) is 0 Å². The molecule has 1 aromatic rings. The third-order valence-electron chi connectivity index (χ3n) is 13.7. The molecule has 1 saturated heterocycles. The number of guanidine groups is 1. The molecule has 27 nitrogen and oxygen atoms in total. The summed E-state index contributed by atoms with van der Waals surface area (Å²) in [6.07, 6.45) is 1.52. The van der Waals surface area contributed by atoms with Crippen LogP contribution in [0.25, 0.3) is 0 Å². The van der Waals surface area contributed by atoms with E-state index in [1.54, 1.807) is 13.8 Å². The Morgan fingerprint density at radius 3 is 1.51 bits per heavy atom.